The molecule has 0 aliphatic carbocycles. The third kappa shape index (κ3) is 14.8. The van der Waals surface area contributed by atoms with Crippen LogP contribution in [0.2, 0.25) is 0 Å². The Morgan fingerprint density at radius 2 is 0.560 bits per heavy atom. The Morgan fingerprint density at radius 3 is 0.920 bits per heavy atom. The summed E-state index contributed by atoms with van der Waals surface area (Å²) in [6.07, 6.45) is 29.2. The van der Waals surface area contributed by atoms with Gasteiger partial charge in [-0.05, 0) is 31.1 Å². The molecule has 0 amide bonds. The maximum atomic E-state index is 2.35. The lowest BCUT2D eigenvalue weighted by molar-refractivity contribution is 0.173. The van der Waals surface area contributed by atoms with Crippen LogP contribution in [0.4, 0.5) is 0 Å². The smallest absolute Gasteiger partial charge is 0.0297 e. The lowest BCUT2D eigenvalue weighted by Crippen LogP contribution is -2.21. The molecule has 0 aromatic rings. The molecule has 0 rings (SSSR count). The van der Waals surface area contributed by atoms with Gasteiger partial charge in [0.05, 0.1) is 0 Å². The van der Waals surface area contributed by atoms with Gasteiger partial charge in [-0.3, -0.25) is 0 Å². The van der Waals surface area contributed by atoms with E-state index in [9.17, 15) is 0 Å². The fraction of sp³-hybridized carbons (Fsp3) is 1.00. The van der Waals surface area contributed by atoms with Crippen LogP contribution in [-0.2, 0) is 0 Å². The van der Waals surface area contributed by atoms with E-state index in [1.165, 1.54) is 128 Å². The predicted octanol–water partition coefficient (Wildman–Crippen LogP) is 9.85. The molecule has 0 nitrogen and oxygen atoms in total. The van der Waals surface area contributed by atoms with Crippen LogP contribution in [-0.4, -0.2) is 0 Å². The number of rotatable bonds is 20. The normalized spacial score (nSPS) is 12.0. The van der Waals surface area contributed by atoms with Crippen LogP contribution in [0.5, 0.6) is 0 Å². The third-order valence-electron chi connectivity index (χ3n) is 6.24. The van der Waals surface area contributed by atoms with E-state index in [-0.39, 0.29) is 0 Å². The SMILES string of the molecule is CCCCCCCCCC(CCCCC)(CCCCC)CCCCC. The highest BCUT2D eigenvalue weighted by atomic mass is 14.3. The van der Waals surface area contributed by atoms with E-state index in [0.717, 1.165) is 0 Å². The summed E-state index contributed by atoms with van der Waals surface area (Å²) < 4.78 is 0. The summed E-state index contributed by atoms with van der Waals surface area (Å²) in [5.41, 5.74) is 0.697. The summed E-state index contributed by atoms with van der Waals surface area (Å²) in [5.74, 6) is 0. The Balaban J connectivity index is 4.43. The molecule has 0 radical (unpaired) electrons. The second kappa shape index (κ2) is 18.8. The van der Waals surface area contributed by atoms with E-state index in [1.807, 2.05) is 0 Å². The molecule has 152 valence electrons. The first-order valence-corrected chi connectivity index (χ1v) is 12.2. The number of hydrogen-bond acceptors (Lipinski definition) is 0. The van der Waals surface area contributed by atoms with Crippen LogP contribution in [0, 0.1) is 5.41 Å². The molecule has 0 aliphatic rings. The van der Waals surface area contributed by atoms with Gasteiger partial charge in [0.1, 0.15) is 0 Å². The molecule has 0 unspecified atom stereocenters. The standard InChI is InChI=1S/C25H52/c1-5-9-13-14-15-16-20-24-25(21-17-10-6-2,22-18-11-7-3)23-19-12-8-4/h5-24H2,1-4H3. The highest BCUT2D eigenvalue weighted by Crippen LogP contribution is 2.42. The van der Waals surface area contributed by atoms with Crippen molar-refractivity contribution in [2.75, 3.05) is 0 Å². The van der Waals surface area contributed by atoms with E-state index in [1.54, 1.807) is 0 Å². The lowest BCUT2D eigenvalue weighted by atomic mass is 9.70. The molecule has 0 aromatic carbocycles. The second-order valence-corrected chi connectivity index (χ2v) is 8.74. The zero-order valence-electron chi connectivity index (χ0n) is 18.6. The molecule has 0 atom stereocenters. The topological polar surface area (TPSA) is 0 Å². The molecule has 0 aromatic heterocycles. The maximum Gasteiger partial charge on any atom is -0.0297 e. The molecular weight excluding hydrogens is 300 g/mol. The summed E-state index contributed by atoms with van der Waals surface area (Å²) in [4.78, 5) is 0. The van der Waals surface area contributed by atoms with Crippen LogP contribution in [0.15, 0.2) is 0 Å². The molecule has 0 heterocycles. The predicted molar refractivity (Wildman–Crippen MR) is 117 cm³/mol. The van der Waals surface area contributed by atoms with Crippen LogP contribution in [0.3, 0.4) is 0 Å². The first-order valence-electron chi connectivity index (χ1n) is 12.2. The summed E-state index contributed by atoms with van der Waals surface area (Å²) >= 11 is 0. The first kappa shape index (κ1) is 25.0. The molecule has 0 bridgehead atoms. The fourth-order valence-electron chi connectivity index (χ4n) is 4.46. The zero-order chi connectivity index (χ0) is 18.6. The molecule has 0 aliphatic heterocycles. The van der Waals surface area contributed by atoms with Crippen LogP contribution >= 0.6 is 0 Å². The van der Waals surface area contributed by atoms with E-state index in [4.69, 9.17) is 0 Å². The second-order valence-electron chi connectivity index (χ2n) is 8.74. The highest BCUT2D eigenvalue weighted by Gasteiger charge is 2.27. The van der Waals surface area contributed by atoms with Gasteiger partial charge in [-0.1, -0.05) is 130 Å². The average Bonchev–Trinajstić information content (AvgIpc) is 2.61. The molecule has 0 spiro atoms. The van der Waals surface area contributed by atoms with Crippen molar-refractivity contribution in [1.82, 2.24) is 0 Å². The molecule has 0 saturated heterocycles. The van der Waals surface area contributed by atoms with Gasteiger partial charge in [0.25, 0.3) is 0 Å². The summed E-state index contributed by atoms with van der Waals surface area (Å²) in [6, 6.07) is 0. The Bertz CT molecular complexity index is 216. The van der Waals surface area contributed by atoms with E-state index in [0.29, 0.717) is 5.41 Å². The Kier molecular flexibility index (Phi) is 18.8. The van der Waals surface area contributed by atoms with Crippen LogP contribution in [0.1, 0.15) is 156 Å². The van der Waals surface area contributed by atoms with Crippen molar-refractivity contribution < 1.29 is 0 Å². The van der Waals surface area contributed by atoms with Crippen molar-refractivity contribution in [3.63, 3.8) is 0 Å². The zero-order valence-corrected chi connectivity index (χ0v) is 18.6. The lowest BCUT2D eigenvalue weighted by Gasteiger charge is -2.35. The highest BCUT2D eigenvalue weighted by molar-refractivity contribution is 4.80. The Labute approximate surface area is 161 Å². The quantitative estimate of drug-likeness (QED) is 0.191. The first-order chi connectivity index (χ1) is 12.2. The van der Waals surface area contributed by atoms with E-state index < -0.39 is 0 Å². The Morgan fingerprint density at radius 1 is 0.320 bits per heavy atom. The summed E-state index contributed by atoms with van der Waals surface area (Å²) in [6.45, 7) is 9.38. The van der Waals surface area contributed by atoms with Gasteiger partial charge in [-0.2, -0.15) is 0 Å². The largest absolute Gasteiger partial charge is 0.0654 e. The van der Waals surface area contributed by atoms with Crippen molar-refractivity contribution in [1.29, 1.82) is 0 Å². The Hall–Kier alpha value is 0. The number of unbranched alkanes of at least 4 members (excludes halogenated alkanes) is 12. The summed E-state index contributed by atoms with van der Waals surface area (Å²) in [5, 5.41) is 0. The van der Waals surface area contributed by atoms with E-state index >= 15 is 0 Å². The van der Waals surface area contributed by atoms with Crippen molar-refractivity contribution in [2.24, 2.45) is 5.41 Å². The minimum absolute atomic E-state index is 0.697. The van der Waals surface area contributed by atoms with Crippen molar-refractivity contribution >= 4 is 0 Å². The monoisotopic (exact) mass is 352 g/mol. The maximum absolute atomic E-state index is 2.35. The van der Waals surface area contributed by atoms with Gasteiger partial charge >= 0.3 is 0 Å². The molecule has 0 fully saturated rings. The fourth-order valence-corrected chi connectivity index (χ4v) is 4.46. The molecule has 0 heteroatoms. The molecule has 0 N–H and O–H groups in total. The summed E-state index contributed by atoms with van der Waals surface area (Å²) in [7, 11) is 0. The van der Waals surface area contributed by atoms with Gasteiger partial charge in [0.15, 0.2) is 0 Å². The van der Waals surface area contributed by atoms with Gasteiger partial charge in [-0.25, -0.2) is 0 Å². The van der Waals surface area contributed by atoms with Crippen LogP contribution < -0.4 is 0 Å². The van der Waals surface area contributed by atoms with Gasteiger partial charge in [0, 0.05) is 0 Å². The average molecular weight is 353 g/mol. The third-order valence-corrected chi connectivity index (χ3v) is 6.24. The number of hydrogen-bond donors (Lipinski definition) is 0. The molecule has 25 heavy (non-hydrogen) atoms. The van der Waals surface area contributed by atoms with Gasteiger partial charge in [-0.15, -0.1) is 0 Å². The van der Waals surface area contributed by atoms with Crippen molar-refractivity contribution in [3.05, 3.63) is 0 Å². The molecule has 0 saturated carbocycles. The van der Waals surface area contributed by atoms with Gasteiger partial charge < -0.3 is 0 Å². The van der Waals surface area contributed by atoms with Crippen molar-refractivity contribution in [3.8, 4) is 0 Å². The van der Waals surface area contributed by atoms with Gasteiger partial charge in [0.2, 0.25) is 0 Å². The van der Waals surface area contributed by atoms with E-state index in [2.05, 4.69) is 27.7 Å². The minimum atomic E-state index is 0.697. The molecular formula is C25H52. The van der Waals surface area contributed by atoms with Crippen molar-refractivity contribution in [2.45, 2.75) is 156 Å². The van der Waals surface area contributed by atoms with Crippen LogP contribution in [0.25, 0.3) is 0 Å². The minimum Gasteiger partial charge on any atom is -0.0654 e.